The fourth-order valence-electron chi connectivity index (χ4n) is 2.46. The number of nitrogens with zero attached hydrogens (tertiary/aromatic N) is 2. The molecule has 1 aromatic heterocycles. The molecular weight excluding hydrogens is 258 g/mol. The van der Waals surface area contributed by atoms with Gasteiger partial charge in [0, 0.05) is 12.1 Å². The van der Waals surface area contributed by atoms with Gasteiger partial charge in [0.15, 0.2) is 0 Å². The molecule has 0 spiro atoms. The molecule has 0 amide bonds. The molecule has 0 radical (unpaired) electrons. The summed E-state index contributed by atoms with van der Waals surface area (Å²) in [5.41, 5.74) is 1.28. The van der Waals surface area contributed by atoms with E-state index in [4.69, 9.17) is 0 Å². The maximum Gasteiger partial charge on any atom is 0.133 e. The monoisotopic (exact) mass is 279 g/mol. The minimum atomic E-state index is 0.256. The number of anilines is 1. The number of nitrogens with one attached hydrogen (secondary N) is 1. The van der Waals surface area contributed by atoms with Gasteiger partial charge < -0.3 is 5.32 Å². The zero-order chi connectivity index (χ0) is 14.5. The molecule has 1 aliphatic rings. The summed E-state index contributed by atoms with van der Waals surface area (Å²) in [7, 11) is 0. The predicted octanol–water partition coefficient (Wildman–Crippen LogP) is 4.47. The molecular formula is C18H21N3. The van der Waals surface area contributed by atoms with Crippen LogP contribution in [0, 0.1) is 0 Å². The molecule has 108 valence electrons. The number of allylic oxidation sites excluding steroid dienone is 1. The summed E-state index contributed by atoms with van der Waals surface area (Å²) in [6, 6.07) is 12.7. The van der Waals surface area contributed by atoms with Crippen molar-refractivity contribution in [2.75, 3.05) is 5.32 Å². The van der Waals surface area contributed by atoms with E-state index in [2.05, 4.69) is 46.1 Å². The molecule has 3 nitrogen and oxygen atoms in total. The highest BCUT2D eigenvalue weighted by Crippen LogP contribution is 2.38. The lowest BCUT2D eigenvalue weighted by atomic mass is 10.0. The van der Waals surface area contributed by atoms with Crippen LogP contribution in [0.15, 0.2) is 55.3 Å². The van der Waals surface area contributed by atoms with E-state index >= 15 is 0 Å². The van der Waals surface area contributed by atoms with Gasteiger partial charge in [0.25, 0.3) is 0 Å². The van der Waals surface area contributed by atoms with Crippen molar-refractivity contribution in [1.29, 1.82) is 0 Å². The molecule has 2 aromatic rings. The lowest BCUT2D eigenvalue weighted by molar-refractivity contribution is 0.699. The zero-order valence-electron chi connectivity index (χ0n) is 12.2. The highest BCUT2D eigenvalue weighted by Gasteiger charge is 2.26. The molecule has 1 heterocycles. The van der Waals surface area contributed by atoms with E-state index < -0.39 is 0 Å². The third kappa shape index (κ3) is 3.69. The Kier molecular flexibility index (Phi) is 4.29. The van der Waals surface area contributed by atoms with Crippen molar-refractivity contribution in [2.24, 2.45) is 0 Å². The molecule has 1 atom stereocenters. The summed E-state index contributed by atoms with van der Waals surface area (Å²) in [6.07, 6.45) is 8.26. The molecule has 21 heavy (non-hydrogen) atoms. The Morgan fingerprint density at radius 3 is 2.76 bits per heavy atom. The highest BCUT2D eigenvalue weighted by atomic mass is 15.1. The van der Waals surface area contributed by atoms with E-state index in [0.29, 0.717) is 5.92 Å². The van der Waals surface area contributed by atoms with Gasteiger partial charge in [-0.2, -0.15) is 0 Å². The minimum Gasteiger partial charge on any atom is -0.363 e. The Morgan fingerprint density at radius 1 is 1.24 bits per heavy atom. The molecule has 0 aliphatic heterocycles. The Labute approximate surface area is 126 Å². The summed E-state index contributed by atoms with van der Waals surface area (Å²) in [4.78, 5) is 9.04. The molecule has 0 bridgehead atoms. The van der Waals surface area contributed by atoms with Gasteiger partial charge in [-0.05, 0) is 37.3 Å². The van der Waals surface area contributed by atoms with Crippen LogP contribution in [0.3, 0.4) is 0 Å². The Morgan fingerprint density at radius 2 is 2.05 bits per heavy atom. The first-order valence-corrected chi connectivity index (χ1v) is 7.62. The van der Waals surface area contributed by atoms with E-state index in [-0.39, 0.29) is 6.04 Å². The fourth-order valence-corrected chi connectivity index (χ4v) is 2.46. The van der Waals surface area contributed by atoms with Crippen LogP contribution in [0.2, 0.25) is 0 Å². The van der Waals surface area contributed by atoms with E-state index in [1.165, 1.54) is 18.4 Å². The molecule has 1 aliphatic carbocycles. The van der Waals surface area contributed by atoms with Crippen molar-refractivity contribution in [1.82, 2.24) is 9.97 Å². The second-order valence-corrected chi connectivity index (χ2v) is 5.55. The van der Waals surface area contributed by atoms with Crippen molar-refractivity contribution < 1.29 is 0 Å². The second-order valence-electron chi connectivity index (χ2n) is 5.55. The number of rotatable bonds is 7. The molecule has 1 N–H and O–H groups in total. The maximum atomic E-state index is 4.66. The fraction of sp³-hybridized carbons (Fsp3) is 0.333. The zero-order valence-corrected chi connectivity index (χ0v) is 12.2. The van der Waals surface area contributed by atoms with Gasteiger partial charge in [-0.3, -0.25) is 0 Å². The number of hydrogen-bond donors (Lipinski definition) is 1. The SMILES string of the molecule is C=CCCC(Nc1ccnc(C2CC2)n1)c1ccccc1. The van der Waals surface area contributed by atoms with E-state index in [1.807, 2.05) is 24.4 Å². The van der Waals surface area contributed by atoms with Gasteiger partial charge in [0.1, 0.15) is 11.6 Å². The maximum absolute atomic E-state index is 4.66. The molecule has 1 aromatic carbocycles. The van der Waals surface area contributed by atoms with Crippen LogP contribution >= 0.6 is 0 Å². The van der Waals surface area contributed by atoms with Gasteiger partial charge in [0.2, 0.25) is 0 Å². The largest absolute Gasteiger partial charge is 0.363 e. The van der Waals surface area contributed by atoms with E-state index in [9.17, 15) is 0 Å². The van der Waals surface area contributed by atoms with Crippen LogP contribution in [0.4, 0.5) is 5.82 Å². The number of benzene rings is 1. The van der Waals surface area contributed by atoms with Crippen molar-refractivity contribution in [3.8, 4) is 0 Å². The normalized spacial score (nSPS) is 15.4. The average molecular weight is 279 g/mol. The molecule has 0 saturated heterocycles. The topological polar surface area (TPSA) is 37.8 Å². The van der Waals surface area contributed by atoms with Gasteiger partial charge in [-0.15, -0.1) is 6.58 Å². The lowest BCUT2D eigenvalue weighted by Crippen LogP contribution is -2.12. The summed E-state index contributed by atoms with van der Waals surface area (Å²) >= 11 is 0. The quantitative estimate of drug-likeness (QED) is 0.760. The Bertz CT molecular complexity index is 590. The average Bonchev–Trinajstić information content (AvgIpc) is 3.37. The number of hydrogen-bond acceptors (Lipinski definition) is 3. The van der Waals surface area contributed by atoms with E-state index in [0.717, 1.165) is 24.5 Å². The van der Waals surface area contributed by atoms with Crippen LogP contribution in [-0.2, 0) is 0 Å². The summed E-state index contributed by atoms with van der Waals surface area (Å²) in [5.74, 6) is 2.48. The van der Waals surface area contributed by atoms with Crippen molar-refractivity contribution >= 4 is 5.82 Å². The molecule has 3 heteroatoms. The minimum absolute atomic E-state index is 0.256. The molecule has 1 unspecified atom stereocenters. The standard InChI is InChI=1S/C18H21N3/c1-2-3-9-16(14-7-5-4-6-8-14)20-17-12-13-19-18(21-17)15-10-11-15/h2,4-8,12-13,15-16H,1,3,9-11H2,(H,19,20,21). The van der Waals surface area contributed by atoms with Crippen LogP contribution < -0.4 is 5.32 Å². The van der Waals surface area contributed by atoms with Gasteiger partial charge in [-0.25, -0.2) is 9.97 Å². The first-order chi connectivity index (χ1) is 10.4. The van der Waals surface area contributed by atoms with Crippen molar-refractivity contribution in [3.05, 3.63) is 66.6 Å². The lowest BCUT2D eigenvalue weighted by Gasteiger charge is -2.19. The highest BCUT2D eigenvalue weighted by molar-refractivity contribution is 5.38. The summed E-state index contributed by atoms with van der Waals surface area (Å²) in [6.45, 7) is 3.83. The van der Waals surface area contributed by atoms with Crippen LogP contribution in [0.1, 0.15) is 49.0 Å². The summed E-state index contributed by atoms with van der Waals surface area (Å²) < 4.78 is 0. The third-order valence-corrected chi connectivity index (χ3v) is 3.80. The number of aromatic nitrogens is 2. The van der Waals surface area contributed by atoms with Crippen molar-refractivity contribution in [3.63, 3.8) is 0 Å². The van der Waals surface area contributed by atoms with Crippen LogP contribution in [0.25, 0.3) is 0 Å². The van der Waals surface area contributed by atoms with E-state index in [1.54, 1.807) is 0 Å². The third-order valence-electron chi connectivity index (χ3n) is 3.80. The predicted molar refractivity (Wildman–Crippen MR) is 86.2 cm³/mol. The van der Waals surface area contributed by atoms with Crippen molar-refractivity contribution in [2.45, 2.75) is 37.6 Å². The van der Waals surface area contributed by atoms with Gasteiger partial charge >= 0.3 is 0 Å². The molecule has 1 saturated carbocycles. The van der Waals surface area contributed by atoms with Gasteiger partial charge in [0.05, 0.1) is 6.04 Å². The van der Waals surface area contributed by atoms with Crippen LogP contribution in [0.5, 0.6) is 0 Å². The second kappa shape index (κ2) is 6.53. The Balaban J connectivity index is 1.77. The molecule has 1 fully saturated rings. The first-order valence-electron chi connectivity index (χ1n) is 7.62. The smallest absolute Gasteiger partial charge is 0.133 e. The molecule has 3 rings (SSSR count). The first kappa shape index (κ1) is 13.8. The van der Waals surface area contributed by atoms with Crippen LogP contribution in [-0.4, -0.2) is 9.97 Å². The Hall–Kier alpha value is -2.16. The van der Waals surface area contributed by atoms with Gasteiger partial charge in [-0.1, -0.05) is 36.4 Å². The summed E-state index contributed by atoms with van der Waals surface area (Å²) in [5, 5.41) is 3.55.